The number of hydrogen-bond donors (Lipinski definition) is 1. The number of rotatable bonds is 3. The van der Waals surface area contributed by atoms with Gasteiger partial charge in [0.1, 0.15) is 0 Å². The third kappa shape index (κ3) is 1.68. The largest absolute Gasteiger partial charge is 0.390 e. The standard InChI is InChI=1S/C8H16O/c1-3-6-8(2,9)7-4-5-7/h7,9H,3-6H2,1-2H3. The summed E-state index contributed by atoms with van der Waals surface area (Å²) in [7, 11) is 0. The number of hydrogen-bond acceptors (Lipinski definition) is 1. The summed E-state index contributed by atoms with van der Waals surface area (Å²) in [5, 5.41) is 9.65. The van der Waals surface area contributed by atoms with Crippen LogP contribution in [0, 0.1) is 5.92 Å². The molecule has 1 atom stereocenters. The summed E-state index contributed by atoms with van der Waals surface area (Å²) in [6, 6.07) is 0. The Balaban J connectivity index is 2.30. The zero-order chi connectivity index (χ0) is 6.91. The molecule has 1 aliphatic rings. The lowest BCUT2D eigenvalue weighted by molar-refractivity contribution is 0.0274. The van der Waals surface area contributed by atoms with Gasteiger partial charge in [-0.05, 0) is 32.1 Å². The van der Waals surface area contributed by atoms with Crippen LogP contribution >= 0.6 is 0 Å². The van der Waals surface area contributed by atoms with Crippen LogP contribution in [0.2, 0.25) is 0 Å². The summed E-state index contributed by atoms with van der Waals surface area (Å²) in [5.74, 6) is 0.623. The van der Waals surface area contributed by atoms with Gasteiger partial charge < -0.3 is 5.11 Å². The van der Waals surface area contributed by atoms with E-state index < -0.39 is 0 Å². The molecule has 1 rings (SSSR count). The molecule has 0 aromatic heterocycles. The molecule has 9 heavy (non-hydrogen) atoms. The van der Waals surface area contributed by atoms with Gasteiger partial charge in [0.05, 0.1) is 5.60 Å². The first-order valence-electron chi connectivity index (χ1n) is 3.89. The SMILES string of the molecule is CCCC(C)(O)C1CC1. The van der Waals surface area contributed by atoms with Gasteiger partial charge in [-0.3, -0.25) is 0 Å². The molecule has 0 radical (unpaired) electrons. The molecule has 1 saturated carbocycles. The van der Waals surface area contributed by atoms with Crippen molar-refractivity contribution in [2.45, 2.75) is 45.1 Å². The molecule has 0 aliphatic heterocycles. The van der Waals surface area contributed by atoms with Crippen molar-refractivity contribution in [1.29, 1.82) is 0 Å². The highest BCUT2D eigenvalue weighted by atomic mass is 16.3. The molecule has 0 aromatic carbocycles. The van der Waals surface area contributed by atoms with E-state index in [1.165, 1.54) is 12.8 Å². The van der Waals surface area contributed by atoms with Crippen molar-refractivity contribution in [3.63, 3.8) is 0 Å². The van der Waals surface area contributed by atoms with Gasteiger partial charge in [0, 0.05) is 0 Å². The fourth-order valence-electron chi connectivity index (χ4n) is 1.42. The Morgan fingerprint density at radius 3 is 2.44 bits per heavy atom. The average molecular weight is 128 g/mol. The van der Waals surface area contributed by atoms with Crippen molar-refractivity contribution in [3.8, 4) is 0 Å². The van der Waals surface area contributed by atoms with Crippen LogP contribution in [0.4, 0.5) is 0 Å². The molecule has 1 unspecified atom stereocenters. The molecule has 0 aromatic rings. The summed E-state index contributed by atoms with van der Waals surface area (Å²) in [6.07, 6.45) is 4.56. The molecule has 0 bridgehead atoms. The Labute approximate surface area is 57.1 Å². The Morgan fingerprint density at radius 1 is 1.56 bits per heavy atom. The van der Waals surface area contributed by atoms with Crippen LogP contribution < -0.4 is 0 Å². The number of aliphatic hydroxyl groups is 1. The van der Waals surface area contributed by atoms with E-state index in [0.717, 1.165) is 12.8 Å². The molecular weight excluding hydrogens is 112 g/mol. The minimum absolute atomic E-state index is 0.339. The maximum atomic E-state index is 9.65. The quantitative estimate of drug-likeness (QED) is 0.616. The molecule has 0 saturated heterocycles. The lowest BCUT2D eigenvalue weighted by atomic mass is 9.95. The van der Waals surface area contributed by atoms with Gasteiger partial charge in [-0.25, -0.2) is 0 Å². The third-order valence-corrected chi connectivity index (χ3v) is 2.21. The van der Waals surface area contributed by atoms with Crippen LogP contribution in [0.1, 0.15) is 39.5 Å². The van der Waals surface area contributed by atoms with Crippen LogP contribution in [0.25, 0.3) is 0 Å². The zero-order valence-corrected chi connectivity index (χ0v) is 6.35. The smallest absolute Gasteiger partial charge is 0.0647 e. The Bertz CT molecular complexity index is 92.7. The second-order valence-electron chi connectivity index (χ2n) is 3.38. The van der Waals surface area contributed by atoms with Crippen molar-refractivity contribution < 1.29 is 5.11 Å². The van der Waals surface area contributed by atoms with Gasteiger partial charge in [0.25, 0.3) is 0 Å². The highest BCUT2D eigenvalue weighted by Crippen LogP contribution is 2.41. The van der Waals surface area contributed by atoms with E-state index >= 15 is 0 Å². The van der Waals surface area contributed by atoms with Gasteiger partial charge in [-0.2, -0.15) is 0 Å². The summed E-state index contributed by atoms with van der Waals surface area (Å²) >= 11 is 0. The first-order chi connectivity index (χ1) is 4.17. The molecule has 1 N–H and O–H groups in total. The molecule has 1 fully saturated rings. The predicted molar refractivity (Wildman–Crippen MR) is 38.3 cm³/mol. The second kappa shape index (κ2) is 2.30. The molecule has 1 nitrogen and oxygen atoms in total. The third-order valence-electron chi connectivity index (χ3n) is 2.21. The minimum Gasteiger partial charge on any atom is -0.390 e. The van der Waals surface area contributed by atoms with Crippen LogP contribution in [-0.2, 0) is 0 Å². The fourth-order valence-corrected chi connectivity index (χ4v) is 1.42. The lowest BCUT2D eigenvalue weighted by Crippen LogP contribution is -2.26. The lowest BCUT2D eigenvalue weighted by Gasteiger charge is -2.21. The Morgan fingerprint density at radius 2 is 2.11 bits per heavy atom. The van der Waals surface area contributed by atoms with Crippen molar-refractivity contribution >= 4 is 0 Å². The van der Waals surface area contributed by atoms with Crippen molar-refractivity contribution in [3.05, 3.63) is 0 Å². The molecule has 1 aliphatic carbocycles. The average Bonchev–Trinajstić information content (AvgIpc) is 2.41. The van der Waals surface area contributed by atoms with E-state index in [2.05, 4.69) is 6.92 Å². The van der Waals surface area contributed by atoms with Crippen molar-refractivity contribution in [2.75, 3.05) is 0 Å². The van der Waals surface area contributed by atoms with Crippen LogP contribution in [0.5, 0.6) is 0 Å². The maximum Gasteiger partial charge on any atom is 0.0647 e. The normalized spacial score (nSPS) is 25.7. The molecule has 1 heteroatoms. The highest BCUT2D eigenvalue weighted by molar-refractivity contribution is 4.90. The summed E-state index contributed by atoms with van der Waals surface area (Å²) in [5.41, 5.74) is -0.339. The van der Waals surface area contributed by atoms with Crippen LogP contribution in [0.3, 0.4) is 0 Å². The molecule has 0 amide bonds. The summed E-state index contributed by atoms with van der Waals surface area (Å²) in [6.45, 7) is 4.09. The fraction of sp³-hybridized carbons (Fsp3) is 1.00. The monoisotopic (exact) mass is 128 g/mol. The van der Waals surface area contributed by atoms with Crippen molar-refractivity contribution in [1.82, 2.24) is 0 Å². The molecule has 0 spiro atoms. The Kier molecular flexibility index (Phi) is 1.80. The van der Waals surface area contributed by atoms with Crippen molar-refractivity contribution in [2.24, 2.45) is 5.92 Å². The Hall–Kier alpha value is -0.0400. The van der Waals surface area contributed by atoms with E-state index in [4.69, 9.17) is 0 Å². The highest BCUT2D eigenvalue weighted by Gasteiger charge is 2.38. The minimum atomic E-state index is -0.339. The maximum absolute atomic E-state index is 9.65. The second-order valence-corrected chi connectivity index (χ2v) is 3.38. The summed E-state index contributed by atoms with van der Waals surface area (Å²) in [4.78, 5) is 0. The van der Waals surface area contributed by atoms with E-state index in [1.807, 2.05) is 6.92 Å². The first kappa shape index (κ1) is 7.07. The van der Waals surface area contributed by atoms with Crippen LogP contribution in [-0.4, -0.2) is 10.7 Å². The van der Waals surface area contributed by atoms with Gasteiger partial charge in [0.15, 0.2) is 0 Å². The van der Waals surface area contributed by atoms with Gasteiger partial charge in [-0.15, -0.1) is 0 Å². The topological polar surface area (TPSA) is 20.2 Å². The van der Waals surface area contributed by atoms with E-state index in [1.54, 1.807) is 0 Å². The zero-order valence-electron chi connectivity index (χ0n) is 6.35. The van der Waals surface area contributed by atoms with Crippen LogP contribution in [0.15, 0.2) is 0 Å². The van der Waals surface area contributed by atoms with E-state index in [9.17, 15) is 5.11 Å². The van der Waals surface area contributed by atoms with E-state index in [0.29, 0.717) is 5.92 Å². The molecule has 0 heterocycles. The van der Waals surface area contributed by atoms with Gasteiger partial charge in [-0.1, -0.05) is 13.3 Å². The van der Waals surface area contributed by atoms with Gasteiger partial charge >= 0.3 is 0 Å². The van der Waals surface area contributed by atoms with E-state index in [-0.39, 0.29) is 5.60 Å². The predicted octanol–water partition coefficient (Wildman–Crippen LogP) is 1.95. The first-order valence-corrected chi connectivity index (χ1v) is 3.89. The molecular formula is C8H16O. The van der Waals surface area contributed by atoms with Gasteiger partial charge in [0.2, 0.25) is 0 Å². The summed E-state index contributed by atoms with van der Waals surface area (Å²) < 4.78 is 0. The molecule has 54 valence electrons.